The second-order valence-corrected chi connectivity index (χ2v) is 6.26. The molecule has 18 heavy (non-hydrogen) atoms. The first-order valence-corrected chi connectivity index (χ1v) is 7.40. The van der Waals surface area contributed by atoms with Crippen molar-refractivity contribution >= 4 is 0 Å². The molecule has 100 valence electrons. The van der Waals surface area contributed by atoms with E-state index in [1.165, 1.54) is 25.0 Å². The van der Waals surface area contributed by atoms with Crippen molar-refractivity contribution in [2.45, 2.75) is 45.6 Å². The zero-order chi connectivity index (χ0) is 12.7. The van der Waals surface area contributed by atoms with Crippen LogP contribution in [0.4, 0.5) is 0 Å². The maximum atomic E-state index is 4.46. The van der Waals surface area contributed by atoms with Crippen LogP contribution in [0.25, 0.3) is 0 Å². The molecule has 2 fully saturated rings. The van der Waals surface area contributed by atoms with Gasteiger partial charge in [-0.25, -0.2) is 0 Å². The summed E-state index contributed by atoms with van der Waals surface area (Å²) in [4.78, 5) is 0. The largest absolute Gasteiger partial charge is 0.314 e. The standard InChI is InChI=1S/C15H25N3/c1-4-16-15(13-7-11-6-12(11)8-13)9-14-5-10(2)17-18(14)3/h5,11-13,15-16H,4,6-9H2,1-3H3. The summed E-state index contributed by atoms with van der Waals surface area (Å²) >= 11 is 0. The van der Waals surface area contributed by atoms with Crippen LogP contribution in [0.2, 0.25) is 0 Å². The van der Waals surface area contributed by atoms with Gasteiger partial charge in [0.15, 0.2) is 0 Å². The summed E-state index contributed by atoms with van der Waals surface area (Å²) in [6.45, 7) is 5.38. The van der Waals surface area contributed by atoms with E-state index in [0.717, 1.165) is 36.4 Å². The van der Waals surface area contributed by atoms with Crippen molar-refractivity contribution < 1.29 is 0 Å². The summed E-state index contributed by atoms with van der Waals surface area (Å²) < 4.78 is 2.05. The SMILES string of the molecule is CCNC(Cc1cc(C)nn1C)C1CC2CC2C1. The highest BCUT2D eigenvalue weighted by atomic mass is 15.3. The molecule has 3 heteroatoms. The Labute approximate surface area is 110 Å². The summed E-state index contributed by atoms with van der Waals surface area (Å²) in [5.74, 6) is 3.04. The van der Waals surface area contributed by atoms with Crippen LogP contribution in [-0.4, -0.2) is 22.4 Å². The van der Waals surface area contributed by atoms with Gasteiger partial charge in [-0.15, -0.1) is 0 Å². The average molecular weight is 247 g/mol. The van der Waals surface area contributed by atoms with Crippen LogP contribution in [-0.2, 0) is 13.5 Å². The summed E-state index contributed by atoms with van der Waals surface area (Å²) in [6.07, 6.45) is 5.56. The first-order valence-electron chi connectivity index (χ1n) is 7.40. The van der Waals surface area contributed by atoms with Crippen molar-refractivity contribution in [1.29, 1.82) is 0 Å². The fraction of sp³-hybridized carbons (Fsp3) is 0.800. The van der Waals surface area contributed by atoms with Crippen molar-refractivity contribution in [3.63, 3.8) is 0 Å². The molecule has 2 saturated carbocycles. The van der Waals surface area contributed by atoms with Gasteiger partial charge in [-0.05, 0) is 56.6 Å². The van der Waals surface area contributed by atoms with E-state index in [1.807, 2.05) is 0 Å². The van der Waals surface area contributed by atoms with E-state index >= 15 is 0 Å². The number of nitrogens with zero attached hydrogens (tertiary/aromatic N) is 2. The number of hydrogen-bond acceptors (Lipinski definition) is 2. The molecule has 1 N–H and O–H groups in total. The maximum Gasteiger partial charge on any atom is 0.0596 e. The quantitative estimate of drug-likeness (QED) is 0.865. The predicted molar refractivity (Wildman–Crippen MR) is 73.4 cm³/mol. The number of hydrogen-bond donors (Lipinski definition) is 1. The Bertz CT molecular complexity index is 413. The van der Waals surface area contributed by atoms with Gasteiger partial charge in [0.25, 0.3) is 0 Å². The van der Waals surface area contributed by atoms with Gasteiger partial charge < -0.3 is 5.32 Å². The zero-order valence-electron chi connectivity index (χ0n) is 11.8. The third-order valence-corrected chi connectivity index (χ3v) is 4.84. The second kappa shape index (κ2) is 4.69. The highest BCUT2D eigenvalue weighted by Crippen LogP contribution is 2.55. The van der Waals surface area contributed by atoms with Gasteiger partial charge in [0.2, 0.25) is 0 Å². The predicted octanol–water partition coefficient (Wildman–Crippen LogP) is 2.30. The summed E-state index contributed by atoms with van der Waals surface area (Å²) in [7, 11) is 2.07. The average Bonchev–Trinajstić information content (AvgIpc) is 2.79. The Morgan fingerprint density at radius 1 is 1.39 bits per heavy atom. The number of likely N-dealkylation sites (N-methyl/N-ethyl adjacent to an activating group) is 1. The lowest BCUT2D eigenvalue weighted by Crippen LogP contribution is -2.38. The van der Waals surface area contributed by atoms with Gasteiger partial charge in [0, 0.05) is 25.2 Å². The van der Waals surface area contributed by atoms with E-state index in [2.05, 4.69) is 42.1 Å². The van der Waals surface area contributed by atoms with Crippen LogP contribution in [0, 0.1) is 24.7 Å². The van der Waals surface area contributed by atoms with E-state index in [0.29, 0.717) is 6.04 Å². The molecule has 2 aliphatic rings. The van der Waals surface area contributed by atoms with Crippen molar-refractivity contribution in [1.82, 2.24) is 15.1 Å². The van der Waals surface area contributed by atoms with Crippen LogP contribution >= 0.6 is 0 Å². The first kappa shape index (κ1) is 12.2. The molecule has 3 atom stereocenters. The van der Waals surface area contributed by atoms with Crippen molar-refractivity contribution in [2.75, 3.05) is 6.54 Å². The van der Waals surface area contributed by atoms with Crippen LogP contribution in [0.3, 0.4) is 0 Å². The first-order chi connectivity index (χ1) is 8.67. The molecule has 0 bridgehead atoms. The molecule has 3 nitrogen and oxygen atoms in total. The molecule has 1 aromatic rings. The van der Waals surface area contributed by atoms with Gasteiger partial charge in [0.1, 0.15) is 0 Å². The molecule has 0 aromatic carbocycles. The molecule has 0 amide bonds. The molecule has 1 aromatic heterocycles. The van der Waals surface area contributed by atoms with Gasteiger partial charge in [0.05, 0.1) is 5.69 Å². The molecule has 0 saturated heterocycles. The van der Waals surface area contributed by atoms with Crippen LogP contribution < -0.4 is 5.32 Å². The van der Waals surface area contributed by atoms with E-state index in [-0.39, 0.29) is 0 Å². The van der Waals surface area contributed by atoms with Crippen molar-refractivity contribution in [2.24, 2.45) is 24.8 Å². The lowest BCUT2D eigenvalue weighted by molar-refractivity contribution is 0.332. The van der Waals surface area contributed by atoms with Crippen molar-refractivity contribution in [3.05, 3.63) is 17.5 Å². The van der Waals surface area contributed by atoms with E-state index in [1.54, 1.807) is 0 Å². The Morgan fingerprint density at radius 2 is 2.11 bits per heavy atom. The molecule has 0 radical (unpaired) electrons. The Balaban J connectivity index is 1.67. The number of aromatic nitrogens is 2. The minimum absolute atomic E-state index is 0.651. The monoisotopic (exact) mass is 247 g/mol. The van der Waals surface area contributed by atoms with Gasteiger partial charge in [-0.3, -0.25) is 4.68 Å². The highest BCUT2D eigenvalue weighted by Gasteiger charge is 2.47. The Kier molecular flexibility index (Phi) is 3.18. The van der Waals surface area contributed by atoms with Crippen molar-refractivity contribution in [3.8, 4) is 0 Å². The smallest absolute Gasteiger partial charge is 0.0596 e. The summed E-state index contributed by atoms with van der Waals surface area (Å²) in [6, 6.07) is 2.89. The summed E-state index contributed by atoms with van der Waals surface area (Å²) in [5, 5.41) is 8.17. The van der Waals surface area contributed by atoms with Gasteiger partial charge in [-0.2, -0.15) is 5.10 Å². The molecule has 0 spiro atoms. The molecule has 2 aliphatic carbocycles. The van der Waals surface area contributed by atoms with E-state index in [9.17, 15) is 0 Å². The normalized spacial score (nSPS) is 31.4. The van der Waals surface area contributed by atoms with Crippen LogP contribution in [0.5, 0.6) is 0 Å². The highest BCUT2D eigenvalue weighted by molar-refractivity contribution is 5.11. The van der Waals surface area contributed by atoms with Crippen LogP contribution in [0.1, 0.15) is 37.6 Å². The topological polar surface area (TPSA) is 29.9 Å². The second-order valence-electron chi connectivity index (χ2n) is 6.26. The zero-order valence-corrected chi connectivity index (χ0v) is 11.8. The molecule has 0 aliphatic heterocycles. The molecular formula is C15H25N3. The lowest BCUT2D eigenvalue weighted by Gasteiger charge is -2.25. The number of rotatable bonds is 5. The number of nitrogens with one attached hydrogen (secondary N) is 1. The van der Waals surface area contributed by atoms with Gasteiger partial charge in [-0.1, -0.05) is 6.92 Å². The Morgan fingerprint density at radius 3 is 2.67 bits per heavy atom. The number of fused-ring (bicyclic) bond motifs is 1. The number of aryl methyl sites for hydroxylation is 2. The fourth-order valence-corrected chi connectivity index (χ4v) is 3.84. The van der Waals surface area contributed by atoms with Crippen LogP contribution in [0.15, 0.2) is 6.07 Å². The summed E-state index contributed by atoms with van der Waals surface area (Å²) in [5.41, 5.74) is 2.51. The molecular weight excluding hydrogens is 222 g/mol. The molecule has 3 unspecified atom stereocenters. The van der Waals surface area contributed by atoms with Gasteiger partial charge >= 0.3 is 0 Å². The third-order valence-electron chi connectivity index (χ3n) is 4.84. The van der Waals surface area contributed by atoms with E-state index < -0.39 is 0 Å². The molecule has 1 heterocycles. The fourth-order valence-electron chi connectivity index (χ4n) is 3.84. The Hall–Kier alpha value is -0.830. The molecule has 3 rings (SSSR count). The maximum absolute atomic E-state index is 4.46. The van der Waals surface area contributed by atoms with E-state index in [4.69, 9.17) is 0 Å². The minimum Gasteiger partial charge on any atom is -0.314 e. The minimum atomic E-state index is 0.651. The lowest BCUT2D eigenvalue weighted by atomic mass is 9.91. The third kappa shape index (κ3) is 2.33.